The largest absolute Gasteiger partial charge is 0.333 e. The minimum atomic E-state index is 0.0571. The molecule has 1 fully saturated rings. The highest BCUT2D eigenvalue weighted by Crippen LogP contribution is 2.27. The summed E-state index contributed by atoms with van der Waals surface area (Å²) in [6, 6.07) is 10.3. The number of benzene rings is 1. The quantitative estimate of drug-likeness (QED) is 0.568. The minimum absolute atomic E-state index is 0.0571. The number of carbonyl (C=O) groups is 1. The molecule has 0 aliphatic heterocycles. The summed E-state index contributed by atoms with van der Waals surface area (Å²) in [4.78, 5) is 22.2. The highest BCUT2D eigenvalue weighted by molar-refractivity contribution is 7.13. The predicted molar refractivity (Wildman–Crippen MR) is 121 cm³/mol. The third-order valence-electron chi connectivity index (χ3n) is 5.64. The molecule has 6 nitrogen and oxygen atoms in total. The Kier molecular flexibility index (Phi) is 6.59. The Hall–Kier alpha value is -2.51. The second kappa shape index (κ2) is 9.53. The zero-order valence-electron chi connectivity index (χ0n) is 17.7. The average molecular weight is 424 g/mol. The first-order valence-corrected chi connectivity index (χ1v) is 11.5. The molecule has 0 radical (unpaired) electrons. The molecule has 0 atom stereocenters. The van der Waals surface area contributed by atoms with E-state index in [1.165, 1.54) is 30.6 Å². The molecule has 0 N–H and O–H groups in total. The van der Waals surface area contributed by atoms with Crippen LogP contribution in [0.3, 0.4) is 0 Å². The fraction of sp³-hybridized carbons (Fsp3) is 0.435. The van der Waals surface area contributed by atoms with E-state index in [9.17, 15) is 4.79 Å². The Morgan fingerprint density at radius 1 is 1.13 bits per heavy atom. The molecule has 3 aromatic rings. The lowest BCUT2D eigenvalue weighted by molar-refractivity contribution is 0.0613. The van der Waals surface area contributed by atoms with Crippen molar-refractivity contribution in [3.63, 3.8) is 0 Å². The van der Waals surface area contributed by atoms with Crippen LogP contribution >= 0.6 is 11.3 Å². The highest BCUT2D eigenvalue weighted by atomic mass is 32.1. The van der Waals surface area contributed by atoms with Crippen LogP contribution in [0.1, 0.15) is 42.6 Å². The molecule has 0 saturated heterocycles. The van der Waals surface area contributed by atoms with Crippen molar-refractivity contribution in [3.8, 4) is 16.3 Å². The molecule has 7 heteroatoms. The SMILES string of the molecule is CN(C)CCN(C(=O)c1csc(-c2cnn(-c3ccccc3)c2)n1)C1CCCCC1. The van der Waals surface area contributed by atoms with E-state index in [1.807, 2.05) is 52.8 Å². The lowest BCUT2D eigenvalue weighted by atomic mass is 9.94. The first-order chi connectivity index (χ1) is 14.6. The number of aromatic nitrogens is 3. The van der Waals surface area contributed by atoms with Crippen LogP contribution < -0.4 is 0 Å². The lowest BCUT2D eigenvalue weighted by Crippen LogP contribution is -2.44. The maximum atomic E-state index is 13.4. The summed E-state index contributed by atoms with van der Waals surface area (Å²) in [5.74, 6) is 0.0571. The van der Waals surface area contributed by atoms with Gasteiger partial charge in [-0.15, -0.1) is 11.3 Å². The van der Waals surface area contributed by atoms with Crippen molar-refractivity contribution in [2.75, 3.05) is 27.2 Å². The molecule has 2 heterocycles. The van der Waals surface area contributed by atoms with Gasteiger partial charge in [-0.05, 0) is 39.1 Å². The molecule has 0 spiro atoms. The maximum absolute atomic E-state index is 13.4. The van der Waals surface area contributed by atoms with Gasteiger partial charge in [-0.2, -0.15) is 5.10 Å². The third-order valence-corrected chi connectivity index (χ3v) is 6.53. The maximum Gasteiger partial charge on any atom is 0.273 e. The molecular formula is C23H29N5OS. The van der Waals surface area contributed by atoms with E-state index in [-0.39, 0.29) is 5.91 Å². The normalized spacial score (nSPS) is 14.9. The molecule has 30 heavy (non-hydrogen) atoms. The first kappa shape index (κ1) is 20.8. The van der Waals surface area contributed by atoms with Gasteiger partial charge in [-0.3, -0.25) is 4.79 Å². The summed E-state index contributed by atoms with van der Waals surface area (Å²) in [5, 5.41) is 7.18. The molecule has 0 bridgehead atoms. The fourth-order valence-corrected chi connectivity index (χ4v) is 4.73. The molecule has 2 aromatic heterocycles. The zero-order chi connectivity index (χ0) is 20.9. The average Bonchev–Trinajstić information content (AvgIpc) is 3.45. The van der Waals surface area contributed by atoms with Crippen LogP contribution in [0.5, 0.6) is 0 Å². The summed E-state index contributed by atoms with van der Waals surface area (Å²) >= 11 is 1.51. The van der Waals surface area contributed by atoms with E-state index in [0.717, 1.165) is 42.2 Å². The molecule has 1 aliphatic carbocycles. The Morgan fingerprint density at radius 2 is 1.90 bits per heavy atom. The number of rotatable bonds is 7. The lowest BCUT2D eigenvalue weighted by Gasteiger charge is -2.34. The van der Waals surface area contributed by atoms with Gasteiger partial charge in [0.25, 0.3) is 5.91 Å². The van der Waals surface area contributed by atoms with Crippen molar-refractivity contribution in [2.24, 2.45) is 0 Å². The van der Waals surface area contributed by atoms with E-state index >= 15 is 0 Å². The van der Waals surface area contributed by atoms with Gasteiger partial charge >= 0.3 is 0 Å². The van der Waals surface area contributed by atoms with Crippen molar-refractivity contribution in [2.45, 2.75) is 38.1 Å². The van der Waals surface area contributed by atoms with Crippen LogP contribution in [0.25, 0.3) is 16.3 Å². The molecule has 158 valence electrons. The Balaban J connectivity index is 1.52. The summed E-state index contributed by atoms with van der Waals surface area (Å²) in [7, 11) is 4.10. The van der Waals surface area contributed by atoms with Gasteiger partial charge in [0.05, 0.1) is 11.9 Å². The van der Waals surface area contributed by atoms with Crippen LogP contribution in [0.4, 0.5) is 0 Å². The molecule has 0 unspecified atom stereocenters. The van der Waals surface area contributed by atoms with E-state index in [0.29, 0.717) is 11.7 Å². The predicted octanol–water partition coefficient (Wildman–Crippen LogP) is 4.33. The van der Waals surface area contributed by atoms with Crippen LogP contribution in [0, 0.1) is 0 Å². The van der Waals surface area contributed by atoms with Gasteiger partial charge in [-0.1, -0.05) is 37.5 Å². The second-order valence-electron chi connectivity index (χ2n) is 8.14. The number of carbonyl (C=O) groups excluding carboxylic acids is 1. The Bertz CT molecular complexity index is 959. The van der Waals surface area contributed by atoms with E-state index in [1.54, 1.807) is 0 Å². The first-order valence-electron chi connectivity index (χ1n) is 10.6. The van der Waals surface area contributed by atoms with Gasteiger partial charge in [0.1, 0.15) is 10.7 Å². The van der Waals surface area contributed by atoms with E-state index < -0.39 is 0 Å². The number of hydrogen-bond acceptors (Lipinski definition) is 5. The second-order valence-corrected chi connectivity index (χ2v) is 9.00. The summed E-state index contributed by atoms with van der Waals surface area (Å²) in [6.07, 6.45) is 9.66. The van der Waals surface area contributed by atoms with E-state index in [4.69, 9.17) is 4.98 Å². The number of likely N-dealkylation sites (N-methyl/N-ethyl adjacent to an activating group) is 1. The van der Waals surface area contributed by atoms with Crippen molar-refractivity contribution in [1.82, 2.24) is 24.6 Å². The van der Waals surface area contributed by atoms with Gasteiger partial charge in [0, 0.05) is 36.3 Å². The Morgan fingerprint density at radius 3 is 2.63 bits per heavy atom. The fourth-order valence-electron chi connectivity index (χ4n) is 3.96. The summed E-state index contributed by atoms with van der Waals surface area (Å²) < 4.78 is 1.84. The zero-order valence-corrected chi connectivity index (χ0v) is 18.5. The monoisotopic (exact) mass is 423 g/mol. The van der Waals surface area contributed by atoms with Crippen molar-refractivity contribution >= 4 is 17.2 Å². The molecule has 1 aromatic carbocycles. The smallest absolute Gasteiger partial charge is 0.273 e. The summed E-state index contributed by atoms with van der Waals surface area (Å²) in [5.41, 5.74) is 2.48. The van der Waals surface area contributed by atoms with E-state index in [2.05, 4.69) is 29.0 Å². The van der Waals surface area contributed by atoms with Gasteiger partial charge in [-0.25, -0.2) is 9.67 Å². The number of nitrogens with zero attached hydrogens (tertiary/aromatic N) is 5. The van der Waals surface area contributed by atoms with Crippen molar-refractivity contribution < 1.29 is 4.79 Å². The Labute approximate surface area is 182 Å². The van der Waals surface area contributed by atoms with Crippen LogP contribution in [0.2, 0.25) is 0 Å². The molecule has 1 aliphatic rings. The molecule has 4 rings (SSSR count). The van der Waals surface area contributed by atoms with Crippen molar-refractivity contribution in [1.29, 1.82) is 0 Å². The standard InChI is InChI=1S/C23H29N5OS/c1-26(2)13-14-27(19-9-5-3-6-10-19)23(29)21-17-30-22(25-21)18-15-24-28(16-18)20-11-7-4-8-12-20/h4,7-8,11-12,15-17,19H,3,5-6,9-10,13-14H2,1-2H3. The summed E-state index contributed by atoms with van der Waals surface area (Å²) in [6.45, 7) is 1.61. The van der Waals surface area contributed by atoms with Gasteiger partial charge < -0.3 is 9.80 Å². The topological polar surface area (TPSA) is 54.3 Å². The van der Waals surface area contributed by atoms with Crippen molar-refractivity contribution in [3.05, 3.63) is 53.8 Å². The minimum Gasteiger partial charge on any atom is -0.333 e. The van der Waals surface area contributed by atoms with Crippen LogP contribution in [0.15, 0.2) is 48.1 Å². The highest BCUT2D eigenvalue weighted by Gasteiger charge is 2.27. The van der Waals surface area contributed by atoms with Crippen LogP contribution in [-0.4, -0.2) is 63.7 Å². The number of amides is 1. The third kappa shape index (κ3) is 4.79. The molecule has 1 amide bonds. The molecular weight excluding hydrogens is 394 g/mol. The van der Waals surface area contributed by atoms with Gasteiger partial charge in [0.2, 0.25) is 0 Å². The number of para-hydroxylation sites is 1. The number of hydrogen-bond donors (Lipinski definition) is 0. The molecule has 1 saturated carbocycles. The van der Waals surface area contributed by atoms with Crippen LogP contribution in [-0.2, 0) is 0 Å². The van der Waals surface area contributed by atoms with Gasteiger partial charge in [0.15, 0.2) is 0 Å². The number of thiazole rings is 1.